The monoisotopic (exact) mass is 386 g/mol. The second kappa shape index (κ2) is 7.80. The van der Waals surface area contributed by atoms with Gasteiger partial charge < -0.3 is 15.3 Å². The van der Waals surface area contributed by atoms with Gasteiger partial charge in [-0.25, -0.2) is 0 Å². The number of carboxylic acids is 1. The molecular formula is C20H19ClN2O4. The van der Waals surface area contributed by atoms with Crippen molar-refractivity contribution in [3.63, 3.8) is 0 Å². The van der Waals surface area contributed by atoms with E-state index in [-0.39, 0.29) is 34.9 Å². The van der Waals surface area contributed by atoms with E-state index in [9.17, 15) is 19.5 Å². The van der Waals surface area contributed by atoms with Crippen LogP contribution >= 0.6 is 11.6 Å². The second-order valence-corrected chi connectivity index (χ2v) is 6.96. The van der Waals surface area contributed by atoms with Crippen molar-refractivity contribution in [2.45, 2.75) is 12.8 Å². The molecule has 2 aromatic carbocycles. The summed E-state index contributed by atoms with van der Waals surface area (Å²) in [5.74, 6) is -2.51. The molecule has 0 radical (unpaired) electrons. The van der Waals surface area contributed by atoms with Gasteiger partial charge in [0.2, 0.25) is 5.91 Å². The van der Waals surface area contributed by atoms with Crippen LogP contribution in [0.3, 0.4) is 0 Å². The van der Waals surface area contributed by atoms with E-state index in [2.05, 4.69) is 5.32 Å². The van der Waals surface area contributed by atoms with Crippen molar-refractivity contribution >= 4 is 35.1 Å². The lowest BCUT2D eigenvalue weighted by Crippen LogP contribution is -2.30. The zero-order chi connectivity index (χ0) is 19.6. The Morgan fingerprint density at radius 3 is 2.44 bits per heavy atom. The zero-order valence-corrected chi connectivity index (χ0v) is 15.4. The fourth-order valence-corrected chi connectivity index (χ4v) is 3.60. The van der Waals surface area contributed by atoms with E-state index in [0.29, 0.717) is 12.2 Å². The van der Waals surface area contributed by atoms with Crippen LogP contribution in [0.4, 0.5) is 5.69 Å². The Morgan fingerprint density at radius 2 is 1.81 bits per heavy atom. The van der Waals surface area contributed by atoms with Crippen molar-refractivity contribution in [3.05, 3.63) is 64.7 Å². The number of carbonyl (C=O) groups is 3. The van der Waals surface area contributed by atoms with Gasteiger partial charge in [-0.15, -0.1) is 0 Å². The summed E-state index contributed by atoms with van der Waals surface area (Å²) in [4.78, 5) is 37.5. The Balaban J connectivity index is 1.87. The van der Waals surface area contributed by atoms with Crippen LogP contribution in [0.5, 0.6) is 0 Å². The molecule has 140 valence electrons. The molecule has 0 spiro atoms. The lowest BCUT2D eigenvalue weighted by molar-refractivity contribution is -0.141. The van der Waals surface area contributed by atoms with Crippen molar-refractivity contribution in [1.82, 2.24) is 4.90 Å². The van der Waals surface area contributed by atoms with Gasteiger partial charge in [-0.1, -0.05) is 41.9 Å². The minimum Gasteiger partial charge on any atom is -0.481 e. The maximum Gasteiger partial charge on any atom is 0.308 e. The minimum absolute atomic E-state index is 0.106. The molecule has 3 rings (SSSR count). The topological polar surface area (TPSA) is 86.7 Å². The highest BCUT2D eigenvalue weighted by Gasteiger charge is 2.40. The van der Waals surface area contributed by atoms with Crippen LogP contribution < -0.4 is 5.32 Å². The van der Waals surface area contributed by atoms with Crippen LogP contribution in [0, 0.1) is 5.92 Å². The predicted octanol–water partition coefficient (Wildman–Crippen LogP) is 3.24. The molecule has 1 fully saturated rings. The third-order valence-corrected chi connectivity index (χ3v) is 5.00. The molecule has 0 bridgehead atoms. The van der Waals surface area contributed by atoms with Crippen LogP contribution in [0.15, 0.2) is 48.5 Å². The molecule has 1 heterocycles. The second-order valence-electron chi connectivity index (χ2n) is 6.55. The van der Waals surface area contributed by atoms with Crippen molar-refractivity contribution < 1.29 is 19.5 Å². The van der Waals surface area contributed by atoms with Crippen LogP contribution in [0.25, 0.3) is 0 Å². The van der Waals surface area contributed by atoms with Crippen molar-refractivity contribution in [2.24, 2.45) is 5.92 Å². The van der Waals surface area contributed by atoms with Gasteiger partial charge in [-0.2, -0.15) is 0 Å². The minimum atomic E-state index is -0.933. The van der Waals surface area contributed by atoms with E-state index in [0.717, 1.165) is 5.56 Å². The van der Waals surface area contributed by atoms with Crippen LogP contribution in [0.1, 0.15) is 28.8 Å². The molecule has 27 heavy (non-hydrogen) atoms. The number of hydrogen-bond donors (Lipinski definition) is 2. The van der Waals surface area contributed by atoms with Gasteiger partial charge >= 0.3 is 5.97 Å². The van der Waals surface area contributed by atoms with E-state index in [1.165, 1.54) is 17.9 Å². The highest BCUT2D eigenvalue weighted by Crippen LogP contribution is 2.34. The molecule has 0 aliphatic carbocycles. The van der Waals surface area contributed by atoms with E-state index in [1.807, 2.05) is 30.3 Å². The Bertz CT molecular complexity index is 885. The number of amides is 2. The number of anilines is 1. The quantitative estimate of drug-likeness (QED) is 0.844. The Kier molecular flexibility index (Phi) is 5.46. The van der Waals surface area contributed by atoms with Crippen molar-refractivity contribution in [3.8, 4) is 0 Å². The van der Waals surface area contributed by atoms with E-state index in [4.69, 9.17) is 11.6 Å². The molecule has 2 N–H and O–H groups in total. The Hall–Kier alpha value is -2.86. The van der Waals surface area contributed by atoms with Gasteiger partial charge in [-0.3, -0.25) is 14.4 Å². The molecule has 0 unspecified atom stereocenters. The summed E-state index contributed by atoms with van der Waals surface area (Å²) in [6.45, 7) is 1.77. The predicted molar refractivity (Wildman–Crippen MR) is 102 cm³/mol. The number of aliphatic carboxylic acids is 1. The van der Waals surface area contributed by atoms with Gasteiger partial charge in [0.1, 0.15) is 0 Å². The molecule has 6 nitrogen and oxygen atoms in total. The molecular weight excluding hydrogens is 368 g/mol. The average molecular weight is 387 g/mol. The summed E-state index contributed by atoms with van der Waals surface area (Å²) in [5.41, 5.74) is 1.59. The number of rotatable bonds is 4. The molecule has 1 aliphatic rings. The molecule has 2 amide bonds. The fourth-order valence-electron chi connectivity index (χ4n) is 3.40. The molecule has 1 aliphatic heterocycles. The number of hydrogen-bond acceptors (Lipinski definition) is 3. The van der Waals surface area contributed by atoms with E-state index >= 15 is 0 Å². The summed E-state index contributed by atoms with van der Waals surface area (Å²) in [6.07, 6.45) is 0. The largest absolute Gasteiger partial charge is 0.481 e. The van der Waals surface area contributed by atoms with Crippen LogP contribution in [-0.2, 0) is 9.59 Å². The molecule has 1 saturated heterocycles. The number of likely N-dealkylation sites (tertiary alicyclic amines) is 1. The third-order valence-electron chi connectivity index (χ3n) is 4.67. The summed E-state index contributed by atoms with van der Waals surface area (Å²) < 4.78 is 0. The van der Waals surface area contributed by atoms with Gasteiger partial charge in [-0.05, 0) is 23.8 Å². The molecule has 2 aromatic rings. The van der Waals surface area contributed by atoms with Crippen molar-refractivity contribution in [1.29, 1.82) is 0 Å². The first-order chi connectivity index (χ1) is 12.9. The summed E-state index contributed by atoms with van der Waals surface area (Å²) in [6, 6.07) is 14.0. The molecule has 2 atom stereocenters. The molecule has 7 heteroatoms. The fraction of sp³-hybridized carbons (Fsp3) is 0.250. The lowest BCUT2D eigenvalue weighted by Gasteiger charge is -2.18. The molecule has 0 aromatic heterocycles. The Labute approximate surface area is 161 Å². The first kappa shape index (κ1) is 18.9. The number of nitrogens with zero attached hydrogens (tertiary/aromatic N) is 1. The number of carboxylic acid groups (broad SMARTS) is 1. The summed E-state index contributed by atoms with van der Waals surface area (Å²) in [5, 5.41) is 12.5. The van der Waals surface area contributed by atoms with Gasteiger partial charge in [0.15, 0.2) is 0 Å². The molecule has 0 saturated carbocycles. The Morgan fingerprint density at radius 1 is 1.11 bits per heavy atom. The highest BCUT2D eigenvalue weighted by molar-refractivity contribution is 6.34. The zero-order valence-electron chi connectivity index (χ0n) is 14.7. The van der Waals surface area contributed by atoms with Crippen LogP contribution in [-0.4, -0.2) is 40.9 Å². The maximum atomic E-state index is 13.0. The van der Waals surface area contributed by atoms with Gasteiger partial charge in [0, 0.05) is 31.6 Å². The first-order valence-corrected chi connectivity index (χ1v) is 8.88. The summed E-state index contributed by atoms with van der Waals surface area (Å²) in [7, 11) is 0. The SMILES string of the molecule is CC(=O)Nc1ccc(Cl)c(C(=O)N2C[C@H](C(=O)O)[C@H](c3ccccc3)C2)c1. The smallest absolute Gasteiger partial charge is 0.308 e. The maximum absolute atomic E-state index is 13.0. The highest BCUT2D eigenvalue weighted by atomic mass is 35.5. The van der Waals surface area contributed by atoms with E-state index in [1.54, 1.807) is 12.1 Å². The van der Waals surface area contributed by atoms with Gasteiger partial charge in [0.25, 0.3) is 5.91 Å². The van der Waals surface area contributed by atoms with Crippen molar-refractivity contribution in [2.75, 3.05) is 18.4 Å². The average Bonchev–Trinajstić information content (AvgIpc) is 3.09. The lowest BCUT2D eigenvalue weighted by atomic mass is 9.89. The number of carbonyl (C=O) groups excluding carboxylic acids is 2. The van der Waals surface area contributed by atoms with Crippen LogP contribution in [0.2, 0.25) is 5.02 Å². The normalized spacial score (nSPS) is 19.0. The van der Waals surface area contributed by atoms with E-state index < -0.39 is 11.9 Å². The number of benzene rings is 2. The first-order valence-electron chi connectivity index (χ1n) is 8.51. The third kappa shape index (κ3) is 4.11. The standard InChI is InChI=1S/C20H19ClN2O4/c1-12(24)22-14-7-8-18(21)15(9-14)19(25)23-10-16(17(11-23)20(26)27)13-5-3-2-4-6-13/h2-9,16-17H,10-11H2,1H3,(H,22,24)(H,26,27)/t16-,17-/m0/s1. The van der Waals surface area contributed by atoms with Gasteiger partial charge in [0.05, 0.1) is 16.5 Å². The summed E-state index contributed by atoms with van der Waals surface area (Å²) >= 11 is 6.18. The number of nitrogens with one attached hydrogen (secondary N) is 1. The number of halogens is 1.